The van der Waals surface area contributed by atoms with Gasteiger partial charge in [-0.3, -0.25) is 4.90 Å². The Kier molecular flexibility index (Phi) is 6.96. The first-order chi connectivity index (χ1) is 13.6. The van der Waals surface area contributed by atoms with Gasteiger partial charge in [-0.05, 0) is 37.1 Å². The van der Waals surface area contributed by atoms with E-state index < -0.39 is 45.8 Å². The summed E-state index contributed by atoms with van der Waals surface area (Å²) in [6, 6.07) is 3.05. The van der Waals surface area contributed by atoms with Gasteiger partial charge in [-0.25, -0.2) is 17.5 Å². The summed E-state index contributed by atoms with van der Waals surface area (Å²) in [4.78, 5) is 15.1. The van der Waals surface area contributed by atoms with E-state index >= 15 is 0 Å². The van der Waals surface area contributed by atoms with Crippen LogP contribution in [0.5, 0.6) is 0 Å². The van der Waals surface area contributed by atoms with Crippen molar-refractivity contribution in [1.29, 1.82) is 0 Å². The van der Waals surface area contributed by atoms with Gasteiger partial charge in [0.1, 0.15) is 0 Å². The molecule has 1 saturated heterocycles. The lowest BCUT2D eigenvalue weighted by atomic mass is 10.1. The molecule has 2 rings (SSSR count). The van der Waals surface area contributed by atoms with E-state index in [1.165, 1.54) is 19.0 Å². The van der Waals surface area contributed by atoms with Gasteiger partial charge in [0.2, 0.25) is 10.0 Å². The van der Waals surface area contributed by atoms with Crippen molar-refractivity contribution in [2.24, 2.45) is 0 Å². The number of nitrogens with zero attached hydrogens (tertiary/aromatic N) is 3. The minimum absolute atomic E-state index is 0.139. The molecule has 1 heterocycles. The Balaban J connectivity index is 1.99. The molecule has 0 spiro atoms. The lowest BCUT2D eigenvalue weighted by molar-refractivity contribution is -0.137. The molecular weight excluding hydrogens is 440 g/mol. The number of anilines is 1. The monoisotopic (exact) mass is 461 g/mol. The van der Waals surface area contributed by atoms with Crippen LogP contribution in [-0.4, -0.2) is 68.8 Å². The summed E-state index contributed by atoms with van der Waals surface area (Å²) in [5.74, 6) is -1.93. The summed E-state index contributed by atoms with van der Waals surface area (Å²) < 4.78 is 99.7. The van der Waals surface area contributed by atoms with Crippen LogP contribution in [0, 0.1) is 0 Å². The quantitative estimate of drug-likeness (QED) is 0.645. The molecule has 13 heteroatoms. The third-order valence-electron chi connectivity index (χ3n) is 4.88. The van der Waals surface area contributed by atoms with E-state index in [1.807, 2.05) is 0 Å². The lowest BCUT2D eigenvalue weighted by Gasteiger charge is -2.37. The topological polar surface area (TPSA) is 60.9 Å². The summed E-state index contributed by atoms with van der Waals surface area (Å²) in [7, 11) is -1.65. The van der Waals surface area contributed by atoms with Crippen LogP contribution in [-0.2, 0) is 16.2 Å². The van der Waals surface area contributed by atoms with Gasteiger partial charge in [0, 0.05) is 38.9 Å². The smallest absolute Gasteiger partial charge is 0.324 e. The second-order valence-electron chi connectivity index (χ2n) is 7.00. The van der Waals surface area contributed by atoms with Crippen molar-refractivity contribution >= 4 is 21.7 Å². The highest BCUT2D eigenvalue weighted by Crippen LogP contribution is 2.31. The summed E-state index contributed by atoms with van der Waals surface area (Å²) in [5.41, 5.74) is -0.627. The molecule has 1 aliphatic heterocycles. The molecule has 0 bridgehead atoms. The van der Waals surface area contributed by atoms with E-state index in [1.54, 1.807) is 0 Å². The molecule has 6 nitrogen and oxygen atoms in total. The molecule has 1 aromatic carbocycles. The van der Waals surface area contributed by atoms with Crippen molar-refractivity contribution < 1.29 is 39.6 Å². The Bertz CT molecular complexity index is 847. The maximum absolute atomic E-state index is 12.7. The number of benzene rings is 1. The zero-order valence-electron chi connectivity index (χ0n) is 16.2. The van der Waals surface area contributed by atoms with Crippen molar-refractivity contribution in [3.8, 4) is 0 Å². The molecule has 30 heavy (non-hydrogen) atoms. The highest BCUT2D eigenvalue weighted by Gasteiger charge is 2.40. The van der Waals surface area contributed by atoms with Crippen LogP contribution in [0.15, 0.2) is 24.3 Å². The van der Waals surface area contributed by atoms with E-state index in [-0.39, 0.29) is 31.6 Å². The van der Waals surface area contributed by atoms with Crippen LogP contribution in [0.1, 0.15) is 18.4 Å². The van der Waals surface area contributed by atoms with Crippen LogP contribution in [0.2, 0.25) is 0 Å². The number of carbonyl (C=O) groups is 1. The third kappa shape index (κ3) is 6.00. The average Bonchev–Trinajstić information content (AvgIpc) is 2.64. The molecule has 170 valence electrons. The maximum Gasteiger partial charge on any atom is 0.416 e. The standard InChI is InChI=1S/C17H21F6N3O3S/c1-24(13-5-3-12(4-6-13)17(21,22)23)15(27)25(2)14-7-9-26(10-8-14)30(28,29)11-16(18,19)20/h3-6,14H,7-11H2,1-2H3. The third-order valence-corrected chi connectivity index (χ3v) is 6.73. The predicted octanol–water partition coefficient (Wildman–Crippen LogP) is 3.55. The Morgan fingerprint density at radius 2 is 1.53 bits per heavy atom. The molecule has 0 atom stereocenters. The summed E-state index contributed by atoms with van der Waals surface area (Å²) in [6.07, 6.45) is -9.06. The van der Waals surface area contributed by atoms with Crippen molar-refractivity contribution in [3.05, 3.63) is 29.8 Å². The average molecular weight is 461 g/mol. The number of piperidine rings is 1. The molecular formula is C17H21F6N3O3S. The Hall–Kier alpha value is -2.02. The fourth-order valence-electron chi connectivity index (χ4n) is 3.18. The van der Waals surface area contributed by atoms with E-state index in [9.17, 15) is 39.6 Å². The predicted molar refractivity (Wildman–Crippen MR) is 97.4 cm³/mol. The molecule has 1 aromatic rings. The second-order valence-corrected chi connectivity index (χ2v) is 8.97. The summed E-state index contributed by atoms with van der Waals surface area (Å²) in [6.45, 7) is -0.324. The van der Waals surface area contributed by atoms with Crippen LogP contribution >= 0.6 is 0 Å². The van der Waals surface area contributed by atoms with Gasteiger partial charge in [0.05, 0.1) is 5.56 Å². The number of halogens is 6. The van der Waals surface area contributed by atoms with E-state index in [0.29, 0.717) is 0 Å². The van der Waals surface area contributed by atoms with E-state index in [0.717, 1.165) is 33.5 Å². The molecule has 0 unspecified atom stereocenters. The first kappa shape index (κ1) is 24.3. The molecule has 2 amide bonds. The number of rotatable bonds is 4. The number of amides is 2. The van der Waals surface area contributed by atoms with Gasteiger partial charge in [-0.15, -0.1) is 0 Å². The lowest BCUT2D eigenvalue weighted by Crippen LogP contribution is -2.51. The van der Waals surface area contributed by atoms with Crippen LogP contribution in [0.3, 0.4) is 0 Å². The number of hydrogen-bond donors (Lipinski definition) is 0. The van der Waals surface area contributed by atoms with Gasteiger partial charge < -0.3 is 4.90 Å². The summed E-state index contributed by atoms with van der Waals surface area (Å²) >= 11 is 0. The molecule has 0 radical (unpaired) electrons. The molecule has 0 aromatic heterocycles. The number of hydrogen-bond acceptors (Lipinski definition) is 3. The molecule has 0 aliphatic carbocycles. The minimum atomic E-state index is -4.84. The van der Waals surface area contributed by atoms with Gasteiger partial charge in [0.25, 0.3) is 0 Å². The largest absolute Gasteiger partial charge is 0.416 e. The molecule has 0 saturated carbocycles. The van der Waals surface area contributed by atoms with Crippen LogP contribution < -0.4 is 4.90 Å². The fourth-order valence-corrected chi connectivity index (χ4v) is 4.55. The van der Waals surface area contributed by atoms with Crippen molar-refractivity contribution in [2.45, 2.75) is 31.2 Å². The molecule has 1 fully saturated rings. The van der Waals surface area contributed by atoms with Crippen molar-refractivity contribution in [1.82, 2.24) is 9.21 Å². The van der Waals surface area contributed by atoms with E-state index in [4.69, 9.17) is 0 Å². The molecule has 1 aliphatic rings. The zero-order chi connectivity index (χ0) is 22.9. The summed E-state index contributed by atoms with van der Waals surface area (Å²) in [5, 5.41) is 0. The Labute approximate surface area is 170 Å². The SMILES string of the molecule is CN(C(=O)N(C)C1CCN(S(=O)(=O)CC(F)(F)F)CC1)c1ccc(C(F)(F)F)cc1. The Morgan fingerprint density at radius 3 is 1.97 bits per heavy atom. The second kappa shape index (κ2) is 8.61. The number of urea groups is 1. The van der Waals surface area contributed by atoms with Crippen LogP contribution in [0.4, 0.5) is 36.8 Å². The van der Waals surface area contributed by atoms with Gasteiger partial charge in [0.15, 0.2) is 5.75 Å². The van der Waals surface area contributed by atoms with Crippen LogP contribution in [0.25, 0.3) is 0 Å². The van der Waals surface area contributed by atoms with Gasteiger partial charge in [-0.2, -0.15) is 26.3 Å². The number of sulfonamides is 1. The Morgan fingerprint density at radius 1 is 1.03 bits per heavy atom. The maximum atomic E-state index is 12.7. The highest BCUT2D eigenvalue weighted by molar-refractivity contribution is 7.89. The fraction of sp³-hybridized carbons (Fsp3) is 0.588. The zero-order valence-corrected chi connectivity index (χ0v) is 17.0. The van der Waals surface area contributed by atoms with E-state index in [2.05, 4.69) is 0 Å². The minimum Gasteiger partial charge on any atom is -0.324 e. The molecule has 0 N–H and O–H groups in total. The van der Waals surface area contributed by atoms with Crippen molar-refractivity contribution in [2.75, 3.05) is 37.8 Å². The number of carbonyl (C=O) groups excluding carboxylic acids is 1. The number of alkyl halides is 6. The first-order valence-electron chi connectivity index (χ1n) is 8.84. The normalized spacial score (nSPS) is 17.1. The highest BCUT2D eigenvalue weighted by atomic mass is 32.2. The van der Waals surface area contributed by atoms with Gasteiger partial charge in [-0.1, -0.05) is 0 Å². The first-order valence-corrected chi connectivity index (χ1v) is 10.4. The van der Waals surface area contributed by atoms with Crippen molar-refractivity contribution in [3.63, 3.8) is 0 Å². The van der Waals surface area contributed by atoms with Gasteiger partial charge >= 0.3 is 18.4 Å².